The highest BCUT2D eigenvalue weighted by Gasteiger charge is 2.20. The van der Waals surface area contributed by atoms with Gasteiger partial charge < -0.3 is 4.90 Å². The third kappa shape index (κ3) is 3.65. The lowest BCUT2D eigenvalue weighted by atomic mass is 10.1. The van der Waals surface area contributed by atoms with Crippen LogP contribution in [0.15, 0.2) is 41.3 Å². The van der Waals surface area contributed by atoms with E-state index in [1.807, 2.05) is 6.07 Å². The summed E-state index contributed by atoms with van der Waals surface area (Å²) in [5.74, 6) is -0.227. The Morgan fingerprint density at radius 3 is 2.52 bits per heavy atom. The molecule has 0 atom stereocenters. The fourth-order valence-corrected chi connectivity index (χ4v) is 4.26. The topological polar surface area (TPSA) is 66.5 Å². The average Bonchev–Trinajstić information content (AvgIpc) is 3.03. The molecule has 132 valence electrons. The van der Waals surface area contributed by atoms with Crippen LogP contribution < -0.4 is 4.72 Å². The SMILES string of the molecule is CN(C)C(=O)c1ccc(Cl)c(NS(=O)(=O)c2ccc3c(c2)CCC3)c1. The molecule has 25 heavy (non-hydrogen) atoms. The number of hydrogen-bond donors (Lipinski definition) is 1. The van der Waals surface area contributed by atoms with E-state index in [1.165, 1.54) is 22.6 Å². The number of carbonyl (C=O) groups is 1. The van der Waals surface area contributed by atoms with E-state index in [4.69, 9.17) is 11.6 Å². The van der Waals surface area contributed by atoms with Crippen molar-refractivity contribution in [2.45, 2.75) is 24.2 Å². The first-order valence-corrected chi connectivity index (χ1v) is 9.80. The molecule has 5 nitrogen and oxygen atoms in total. The molecular formula is C18H19ClN2O3S. The molecule has 2 aromatic carbocycles. The van der Waals surface area contributed by atoms with Gasteiger partial charge in [0.1, 0.15) is 0 Å². The molecule has 1 amide bonds. The molecule has 1 N–H and O–H groups in total. The quantitative estimate of drug-likeness (QED) is 0.887. The van der Waals surface area contributed by atoms with Crippen molar-refractivity contribution in [1.29, 1.82) is 0 Å². The van der Waals surface area contributed by atoms with Crippen LogP contribution in [0.4, 0.5) is 5.69 Å². The van der Waals surface area contributed by atoms with Gasteiger partial charge in [-0.15, -0.1) is 0 Å². The third-order valence-corrected chi connectivity index (χ3v) is 5.94. The molecule has 0 aromatic heterocycles. The summed E-state index contributed by atoms with van der Waals surface area (Å²) in [4.78, 5) is 13.7. The van der Waals surface area contributed by atoms with Crippen LogP contribution in [0.1, 0.15) is 27.9 Å². The normalized spacial score (nSPS) is 13.4. The van der Waals surface area contributed by atoms with Crippen molar-refractivity contribution in [2.75, 3.05) is 18.8 Å². The van der Waals surface area contributed by atoms with Gasteiger partial charge in [-0.25, -0.2) is 8.42 Å². The van der Waals surface area contributed by atoms with Crippen LogP contribution in [0.3, 0.4) is 0 Å². The molecule has 0 radical (unpaired) electrons. The molecule has 1 aliphatic rings. The van der Waals surface area contributed by atoms with E-state index in [1.54, 1.807) is 32.3 Å². The number of nitrogens with one attached hydrogen (secondary N) is 1. The number of aryl methyl sites for hydroxylation is 2. The molecule has 2 aromatic rings. The number of hydrogen-bond acceptors (Lipinski definition) is 3. The molecule has 0 spiro atoms. The van der Waals surface area contributed by atoms with Crippen molar-refractivity contribution in [2.24, 2.45) is 0 Å². The van der Waals surface area contributed by atoms with Crippen LogP contribution in [-0.2, 0) is 22.9 Å². The Morgan fingerprint density at radius 2 is 1.80 bits per heavy atom. The molecule has 7 heteroatoms. The molecule has 0 fully saturated rings. The molecule has 3 rings (SSSR count). The minimum atomic E-state index is -3.78. The summed E-state index contributed by atoms with van der Waals surface area (Å²) in [5, 5.41) is 0.236. The maximum Gasteiger partial charge on any atom is 0.261 e. The standard InChI is InChI=1S/C18H19ClN2O3S/c1-21(2)18(22)14-7-9-16(19)17(11-14)20-25(23,24)15-8-6-12-4-3-5-13(12)10-15/h6-11,20H,3-5H2,1-2H3. The van der Waals surface area contributed by atoms with Crippen LogP contribution in [-0.4, -0.2) is 33.3 Å². The fraction of sp³-hybridized carbons (Fsp3) is 0.278. The molecule has 0 bridgehead atoms. The molecule has 0 saturated heterocycles. The van der Waals surface area contributed by atoms with E-state index in [0.717, 1.165) is 24.8 Å². The zero-order chi connectivity index (χ0) is 18.2. The monoisotopic (exact) mass is 378 g/mol. The zero-order valence-corrected chi connectivity index (χ0v) is 15.6. The predicted molar refractivity (Wildman–Crippen MR) is 98.7 cm³/mol. The predicted octanol–water partition coefficient (Wildman–Crippen LogP) is 3.33. The number of anilines is 1. The number of halogens is 1. The number of amides is 1. The number of fused-ring (bicyclic) bond motifs is 1. The van der Waals surface area contributed by atoms with Gasteiger partial charge in [0, 0.05) is 19.7 Å². The van der Waals surface area contributed by atoms with Crippen LogP contribution in [0.2, 0.25) is 5.02 Å². The summed E-state index contributed by atoms with van der Waals surface area (Å²) in [5.41, 5.74) is 2.83. The highest BCUT2D eigenvalue weighted by Crippen LogP contribution is 2.29. The summed E-state index contributed by atoms with van der Waals surface area (Å²) >= 11 is 6.12. The van der Waals surface area contributed by atoms with E-state index < -0.39 is 10.0 Å². The Bertz CT molecular complexity index is 939. The number of nitrogens with zero attached hydrogens (tertiary/aromatic N) is 1. The van der Waals surface area contributed by atoms with Crippen LogP contribution in [0.25, 0.3) is 0 Å². The number of benzene rings is 2. The molecule has 0 heterocycles. The summed E-state index contributed by atoms with van der Waals surface area (Å²) in [7, 11) is -0.519. The number of rotatable bonds is 4. The first-order valence-electron chi connectivity index (χ1n) is 7.94. The summed E-state index contributed by atoms with van der Waals surface area (Å²) < 4.78 is 27.9. The van der Waals surface area contributed by atoms with E-state index in [9.17, 15) is 13.2 Å². The van der Waals surface area contributed by atoms with Crippen molar-refractivity contribution < 1.29 is 13.2 Å². The van der Waals surface area contributed by atoms with E-state index >= 15 is 0 Å². The molecule has 0 unspecified atom stereocenters. The Hall–Kier alpha value is -2.05. The lowest BCUT2D eigenvalue weighted by Gasteiger charge is -2.14. The molecule has 0 aliphatic heterocycles. The lowest BCUT2D eigenvalue weighted by Crippen LogP contribution is -2.22. The maximum absolute atomic E-state index is 12.7. The van der Waals surface area contributed by atoms with Crippen molar-refractivity contribution >= 4 is 33.2 Å². The summed E-state index contributed by atoms with van der Waals surface area (Å²) in [6.45, 7) is 0. The van der Waals surface area contributed by atoms with Crippen molar-refractivity contribution in [3.63, 3.8) is 0 Å². The highest BCUT2D eigenvalue weighted by molar-refractivity contribution is 7.92. The van der Waals surface area contributed by atoms with Gasteiger partial charge in [0.2, 0.25) is 0 Å². The maximum atomic E-state index is 12.7. The van der Waals surface area contributed by atoms with Crippen molar-refractivity contribution in [3.8, 4) is 0 Å². The van der Waals surface area contributed by atoms with Gasteiger partial charge in [-0.2, -0.15) is 0 Å². The largest absolute Gasteiger partial charge is 0.345 e. The first-order chi connectivity index (χ1) is 11.8. The molecule has 0 saturated carbocycles. The summed E-state index contributed by atoms with van der Waals surface area (Å²) in [6.07, 6.45) is 2.93. The van der Waals surface area contributed by atoms with Gasteiger partial charge in [-0.3, -0.25) is 9.52 Å². The van der Waals surface area contributed by atoms with E-state index in [-0.39, 0.29) is 21.5 Å². The second-order valence-electron chi connectivity index (χ2n) is 6.28. The van der Waals surface area contributed by atoms with Gasteiger partial charge >= 0.3 is 0 Å². The first kappa shape index (κ1) is 17.8. The smallest absolute Gasteiger partial charge is 0.261 e. The Labute approximate surface area is 152 Å². The van der Waals surface area contributed by atoms with Gasteiger partial charge in [0.15, 0.2) is 0 Å². The molecular weight excluding hydrogens is 360 g/mol. The molecule has 1 aliphatic carbocycles. The second kappa shape index (κ2) is 6.69. The van der Waals surface area contributed by atoms with Gasteiger partial charge in [0.25, 0.3) is 15.9 Å². The lowest BCUT2D eigenvalue weighted by molar-refractivity contribution is 0.0827. The Morgan fingerprint density at radius 1 is 1.08 bits per heavy atom. The van der Waals surface area contributed by atoms with Gasteiger partial charge in [-0.1, -0.05) is 17.7 Å². The Kier molecular flexibility index (Phi) is 4.75. The fourth-order valence-electron chi connectivity index (χ4n) is 2.91. The average molecular weight is 379 g/mol. The van der Waals surface area contributed by atoms with Gasteiger partial charge in [0.05, 0.1) is 15.6 Å². The van der Waals surface area contributed by atoms with Gasteiger partial charge in [-0.05, 0) is 60.7 Å². The zero-order valence-electron chi connectivity index (χ0n) is 14.0. The van der Waals surface area contributed by atoms with E-state index in [0.29, 0.717) is 5.56 Å². The minimum Gasteiger partial charge on any atom is -0.345 e. The Balaban J connectivity index is 1.93. The van der Waals surface area contributed by atoms with Crippen LogP contribution in [0, 0.1) is 0 Å². The van der Waals surface area contributed by atoms with Crippen molar-refractivity contribution in [1.82, 2.24) is 4.90 Å². The highest BCUT2D eigenvalue weighted by atomic mass is 35.5. The second-order valence-corrected chi connectivity index (χ2v) is 8.37. The van der Waals surface area contributed by atoms with Crippen LogP contribution >= 0.6 is 11.6 Å². The van der Waals surface area contributed by atoms with E-state index in [2.05, 4.69) is 4.72 Å². The minimum absolute atomic E-state index is 0.190. The summed E-state index contributed by atoms with van der Waals surface area (Å²) in [6, 6.07) is 9.72. The van der Waals surface area contributed by atoms with Crippen molar-refractivity contribution in [3.05, 3.63) is 58.1 Å². The number of carbonyl (C=O) groups excluding carboxylic acids is 1. The third-order valence-electron chi connectivity index (χ3n) is 4.24. The van der Waals surface area contributed by atoms with Crippen LogP contribution in [0.5, 0.6) is 0 Å². The number of sulfonamides is 1.